The van der Waals surface area contributed by atoms with Gasteiger partial charge in [0.25, 0.3) is 0 Å². The van der Waals surface area contributed by atoms with Crippen LogP contribution in [-0.4, -0.2) is 17.5 Å². The molecule has 1 N–H and O–H groups in total. The highest BCUT2D eigenvalue weighted by molar-refractivity contribution is 5.75. The topological polar surface area (TPSA) is 32.3 Å². The van der Waals surface area contributed by atoms with E-state index in [-0.39, 0.29) is 12.1 Å². The minimum Gasteiger partial charge on any atom is -0.331 e. The summed E-state index contributed by atoms with van der Waals surface area (Å²) in [4.78, 5) is 14.5. The van der Waals surface area contributed by atoms with Crippen molar-refractivity contribution in [3.8, 4) is 0 Å². The summed E-state index contributed by atoms with van der Waals surface area (Å²) in [6.07, 6.45) is 3.70. The molecule has 2 rings (SSSR count). The quantitative estimate of drug-likeness (QED) is 0.687. The van der Waals surface area contributed by atoms with E-state index in [1.165, 1.54) is 0 Å². The third kappa shape index (κ3) is 5.27. The SMILES string of the molecule is C=CCN(Cc1ccccc1)C(=O)NC(CCC)c1ccccc1. The van der Waals surface area contributed by atoms with Crippen LogP contribution in [0.2, 0.25) is 0 Å². The normalized spacial score (nSPS) is 11.5. The lowest BCUT2D eigenvalue weighted by molar-refractivity contribution is 0.196. The molecular weight excluding hydrogens is 296 g/mol. The van der Waals surface area contributed by atoms with Crippen LogP contribution in [-0.2, 0) is 6.54 Å². The monoisotopic (exact) mass is 322 g/mol. The average Bonchev–Trinajstić information content (AvgIpc) is 2.62. The lowest BCUT2D eigenvalue weighted by atomic mass is 10.0. The Bertz CT molecular complexity index is 625. The van der Waals surface area contributed by atoms with E-state index in [1.54, 1.807) is 11.0 Å². The number of rotatable bonds is 8. The van der Waals surface area contributed by atoms with E-state index in [9.17, 15) is 4.79 Å². The van der Waals surface area contributed by atoms with E-state index in [0.717, 1.165) is 24.0 Å². The number of urea groups is 1. The predicted molar refractivity (Wildman–Crippen MR) is 99.7 cm³/mol. The zero-order chi connectivity index (χ0) is 17.2. The summed E-state index contributed by atoms with van der Waals surface area (Å²) in [5, 5.41) is 3.18. The Morgan fingerprint density at radius 1 is 1.12 bits per heavy atom. The van der Waals surface area contributed by atoms with Crippen LogP contribution >= 0.6 is 0 Å². The molecule has 1 atom stereocenters. The van der Waals surface area contributed by atoms with Crippen LogP contribution < -0.4 is 5.32 Å². The highest BCUT2D eigenvalue weighted by Crippen LogP contribution is 2.19. The van der Waals surface area contributed by atoms with Crippen LogP contribution in [0.3, 0.4) is 0 Å². The molecule has 126 valence electrons. The lowest BCUT2D eigenvalue weighted by Gasteiger charge is -2.26. The maximum atomic E-state index is 12.8. The van der Waals surface area contributed by atoms with Crippen molar-refractivity contribution in [3.63, 3.8) is 0 Å². The highest BCUT2D eigenvalue weighted by atomic mass is 16.2. The van der Waals surface area contributed by atoms with E-state index < -0.39 is 0 Å². The zero-order valence-corrected chi connectivity index (χ0v) is 14.3. The molecule has 0 spiro atoms. The van der Waals surface area contributed by atoms with E-state index in [1.807, 2.05) is 48.5 Å². The van der Waals surface area contributed by atoms with Crippen molar-refractivity contribution in [3.05, 3.63) is 84.4 Å². The number of benzene rings is 2. The predicted octanol–water partition coefficient (Wildman–Crippen LogP) is 4.93. The summed E-state index contributed by atoms with van der Waals surface area (Å²) in [5.41, 5.74) is 2.26. The van der Waals surface area contributed by atoms with Gasteiger partial charge >= 0.3 is 6.03 Å². The van der Waals surface area contributed by atoms with Crippen LogP contribution in [0.15, 0.2) is 73.3 Å². The van der Waals surface area contributed by atoms with Gasteiger partial charge in [0.05, 0.1) is 6.04 Å². The Morgan fingerprint density at radius 3 is 2.33 bits per heavy atom. The molecule has 0 fully saturated rings. The van der Waals surface area contributed by atoms with Crippen LogP contribution in [0.25, 0.3) is 0 Å². The maximum Gasteiger partial charge on any atom is 0.318 e. The van der Waals surface area contributed by atoms with Crippen molar-refractivity contribution in [2.75, 3.05) is 6.54 Å². The van der Waals surface area contributed by atoms with Gasteiger partial charge in [-0.25, -0.2) is 4.79 Å². The molecule has 0 saturated heterocycles. The number of carbonyl (C=O) groups excluding carboxylic acids is 1. The van der Waals surface area contributed by atoms with Gasteiger partial charge in [-0.15, -0.1) is 6.58 Å². The van der Waals surface area contributed by atoms with Crippen LogP contribution in [0, 0.1) is 0 Å². The Morgan fingerprint density at radius 2 is 1.75 bits per heavy atom. The van der Waals surface area contributed by atoms with E-state index >= 15 is 0 Å². The van der Waals surface area contributed by atoms with Crippen LogP contribution in [0.4, 0.5) is 4.79 Å². The number of carbonyl (C=O) groups is 1. The van der Waals surface area contributed by atoms with E-state index in [2.05, 4.69) is 31.0 Å². The van der Waals surface area contributed by atoms with E-state index in [0.29, 0.717) is 13.1 Å². The third-order valence-corrected chi connectivity index (χ3v) is 3.93. The second-order valence-corrected chi connectivity index (χ2v) is 5.86. The standard InChI is InChI=1S/C21H26N2O/c1-3-11-20(19-14-9-6-10-15-19)22-21(24)23(16-4-2)17-18-12-7-5-8-13-18/h4-10,12-15,20H,2-3,11,16-17H2,1H3,(H,22,24). The smallest absolute Gasteiger partial charge is 0.318 e. The van der Waals surface area contributed by atoms with Gasteiger partial charge in [0.15, 0.2) is 0 Å². The zero-order valence-electron chi connectivity index (χ0n) is 14.3. The maximum absolute atomic E-state index is 12.8. The number of hydrogen-bond acceptors (Lipinski definition) is 1. The molecule has 0 aliphatic rings. The Balaban J connectivity index is 2.08. The first-order chi connectivity index (χ1) is 11.7. The van der Waals surface area contributed by atoms with Crippen molar-refractivity contribution in [1.29, 1.82) is 0 Å². The van der Waals surface area contributed by atoms with Gasteiger partial charge in [-0.2, -0.15) is 0 Å². The van der Waals surface area contributed by atoms with Crippen molar-refractivity contribution in [2.45, 2.75) is 32.4 Å². The van der Waals surface area contributed by atoms with Gasteiger partial charge in [0.1, 0.15) is 0 Å². The van der Waals surface area contributed by atoms with Gasteiger partial charge in [-0.05, 0) is 17.5 Å². The summed E-state index contributed by atoms with van der Waals surface area (Å²) in [6, 6.07) is 20.1. The van der Waals surface area contributed by atoms with Gasteiger partial charge in [0.2, 0.25) is 0 Å². The molecule has 1 unspecified atom stereocenters. The minimum absolute atomic E-state index is 0.0341. The summed E-state index contributed by atoms with van der Waals surface area (Å²) < 4.78 is 0. The lowest BCUT2D eigenvalue weighted by Crippen LogP contribution is -2.41. The van der Waals surface area contributed by atoms with Crippen molar-refractivity contribution >= 4 is 6.03 Å². The largest absolute Gasteiger partial charge is 0.331 e. The molecule has 3 nitrogen and oxygen atoms in total. The molecule has 3 heteroatoms. The van der Waals surface area contributed by atoms with Crippen molar-refractivity contribution in [2.24, 2.45) is 0 Å². The van der Waals surface area contributed by atoms with Gasteiger partial charge in [0, 0.05) is 13.1 Å². The van der Waals surface area contributed by atoms with Gasteiger partial charge < -0.3 is 10.2 Å². The van der Waals surface area contributed by atoms with Crippen LogP contribution in [0.1, 0.15) is 36.9 Å². The van der Waals surface area contributed by atoms with Gasteiger partial charge in [-0.3, -0.25) is 0 Å². The fourth-order valence-corrected chi connectivity index (χ4v) is 2.72. The van der Waals surface area contributed by atoms with Crippen molar-refractivity contribution in [1.82, 2.24) is 10.2 Å². The first kappa shape index (κ1) is 17.8. The summed E-state index contributed by atoms with van der Waals surface area (Å²) in [6.45, 7) is 7.01. The average molecular weight is 322 g/mol. The van der Waals surface area contributed by atoms with Gasteiger partial charge in [-0.1, -0.05) is 80.1 Å². The third-order valence-electron chi connectivity index (χ3n) is 3.93. The molecule has 2 aromatic carbocycles. The molecule has 0 heterocycles. The first-order valence-corrected chi connectivity index (χ1v) is 8.49. The molecule has 2 aromatic rings. The second kappa shape index (κ2) is 9.56. The summed E-state index contributed by atoms with van der Waals surface area (Å²) in [5.74, 6) is 0. The molecule has 2 amide bonds. The van der Waals surface area contributed by atoms with Crippen molar-refractivity contribution < 1.29 is 4.79 Å². The molecule has 0 saturated carbocycles. The minimum atomic E-state index is -0.0546. The highest BCUT2D eigenvalue weighted by Gasteiger charge is 2.18. The molecule has 0 radical (unpaired) electrons. The molecule has 0 aliphatic heterocycles. The number of nitrogens with zero attached hydrogens (tertiary/aromatic N) is 1. The Kier molecular flexibility index (Phi) is 7.09. The summed E-state index contributed by atoms with van der Waals surface area (Å²) in [7, 11) is 0. The number of amides is 2. The first-order valence-electron chi connectivity index (χ1n) is 8.49. The van der Waals surface area contributed by atoms with E-state index in [4.69, 9.17) is 0 Å². The Labute approximate surface area is 145 Å². The molecule has 0 bridgehead atoms. The van der Waals surface area contributed by atoms with Crippen LogP contribution in [0.5, 0.6) is 0 Å². The number of nitrogens with one attached hydrogen (secondary N) is 1. The fraction of sp³-hybridized carbons (Fsp3) is 0.286. The molecule has 24 heavy (non-hydrogen) atoms. The fourth-order valence-electron chi connectivity index (χ4n) is 2.72. The summed E-state index contributed by atoms with van der Waals surface area (Å²) >= 11 is 0. The second-order valence-electron chi connectivity index (χ2n) is 5.86. The molecule has 0 aromatic heterocycles. The number of hydrogen-bond donors (Lipinski definition) is 1. The molecule has 0 aliphatic carbocycles. The molecular formula is C21H26N2O. The Hall–Kier alpha value is -2.55.